The molecule has 2 nitrogen and oxygen atoms in total. The summed E-state index contributed by atoms with van der Waals surface area (Å²) in [6.07, 6.45) is 2.21. The van der Waals surface area contributed by atoms with Crippen LogP contribution in [0.5, 0.6) is 0 Å². The highest BCUT2D eigenvalue weighted by Crippen LogP contribution is 2.28. The zero-order valence-corrected chi connectivity index (χ0v) is 8.31. The fourth-order valence-electron chi connectivity index (χ4n) is 1.50. The van der Waals surface area contributed by atoms with E-state index in [-0.39, 0.29) is 11.7 Å². The van der Waals surface area contributed by atoms with E-state index < -0.39 is 0 Å². The largest absolute Gasteiger partial charge is 0.355 e. The normalized spacial score (nSPS) is 12.5. The molecule has 0 unspecified atom stereocenters. The van der Waals surface area contributed by atoms with E-state index in [4.69, 9.17) is 9.47 Å². The fraction of sp³-hybridized carbons (Fsp3) is 1.00. The Morgan fingerprint density at radius 1 is 1.18 bits per heavy atom. The molecule has 0 aromatic carbocycles. The Morgan fingerprint density at radius 3 is 1.91 bits per heavy atom. The first-order valence-corrected chi connectivity index (χ1v) is 4.14. The molecule has 0 radical (unpaired) electrons. The highest BCUT2D eigenvalue weighted by Gasteiger charge is 2.28. The van der Waals surface area contributed by atoms with Crippen LogP contribution in [0.2, 0.25) is 0 Å². The number of rotatable bonds is 5. The molecule has 0 aromatic rings. The van der Waals surface area contributed by atoms with E-state index >= 15 is 0 Å². The van der Waals surface area contributed by atoms with Crippen molar-refractivity contribution in [3.63, 3.8) is 0 Å². The van der Waals surface area contributed by atoms with Crippen LogP contribution < -0.4 is 0 Å². The molecule has 0 N–H and O–H groups in total. The molecule has 11 heavy (non-hydrogen) atoms. The molecule has 0 fully saturated rings. The molecule has 0 spiro atoms. The van der Waals surface area contributed by atoms with Crippen LogP contribution in [0.1, 0.15) is 33.6 Å². The third kappa shape index (κ3) is 3.21. The van der Waals surface area contributed by atoms with Crippen molar-refractivity contribution >= 4 is 0 Å². The maximum atomic E-state index is 5.19. The van der Waals surface area contributed by atoms with Gasteiger partial charge in [0.1, 0.15) is 0 Å². The maximum absolute atomic E-state index is 5.19. The minimum atomic E-state index is -0.0811. The SMILES string of the molecule is CCCC(C)(C)C(OC)OC. The summed E-state index contributed by atoms with van der Waals surface area (Å²) in [5.74, 6) is 0. The monoisotopic (exact) mass is 160 g/mol. The molecule has 0 atom stereocenters. The van der Waals surface area contributed by atoms with Crippen LogP contribution in [0.25, 0.3) is 0 Å². The molecule has 0 aliphatic heterocycles. The van der Waals surface area contributed by atoms with Gasteiger partial charge in [0.25, 0.3) is 0 Å². The van der Waals surface area contributed by atoms with Crippen LogP contribution in [-0.4, -0.2) is 20.5 Å². The van der Waals surface area contributed by atoms with Gasteiger partial charge in [-0.3, -0.25) is 0 Å². The molecule has 0 amide bonds. The fourth-order valence-corrected chi connectivity index (χ4v) is 1.50. The summed E-state index contributed by atoms with van der Waals surface area (Å²) in [5.41, 5.74) is 0.123. The lowest BCUT2D eigenvalue weighted by Gasteiger charge is -2.31. The molecule has 2 heteroatoms. The first-order chi connectivity index (χ1) is 5.08. The Balaban J connectivity index is 4.00. The molecular weight excluding hydrogens is 140 g/mol. The summed E-state index contributed by atoms with van der Waals surface area (Å²) in [5, 5.41) is 0. The van der Waals surface area contributed by atoms with Crippen LogP contribution >= 0.6 is 0 Å². The zero-order valence-electron chi connectivity index (χ0n) is 8.31. The minimum Gasteiger partial charge on any atom is -0.355 e. The van der Waals surface area contributed by atoms with E-state index in [1.165, 1.54) is 0 Å². The second kappa shape index (κ2) is 4.73. The number of ether oxygens (including phenoxy) is 2. The van der Waals surface area contributed by atoms with Crippen molar-refractivity contribution in [3.8, 4) is 0 Å². The van der Waals surface area contributed by atoms with Crippen LogP contribution in [0.3, 0.4) is 0 Å². The van der Waals surface area contributed by atoms with Crippen molar-refractivity contribution in [2.75, 3.05) is 14.2 Å². The maximum Gasteiger partial charge on any atom is 0.161 e. The second-order valence-electron chi connectivity index (χ2n) is 3.54. The summed E-state index contributed by atoms with van der Waals surface area (Å²) >= 11 is 0. The van der Waals surface area contributed by atoms with Crippen LogP contribution in [0, 0.1) is 5.41 Å². The molecule has 68 valence electrons. The summed E-state index contributed by atoms with van der Waals surface area (Å²) < 4.78 is 10.4. The Labute approximate surface area is 69.9 Å². The summed E-state index contributed by atoms with van der Waals surface area (Å²) in [6, 6.07) is 0. The second-order valence-corrected chi connectivity index (χ2v) is 3.54. The molecule has 0 aliphatic rings. The van der Waals surface area contributed by atoms with Crippen molar-refractivity contribution < 1.29 is 9.47 Å². The Bertz CT molecular complexity index is 95.7. The third-order valence-corrected chi connectivity index (χ3v) is 1.96. The van der Waals surface area contributed by atoms with Gasteiger partial charge in [-0.2, -0.15) is 0 Å². The first kappa shape index (κ1) is 10.9. The van der Waals surface area contributed by atoms with Crippen LogP contribution in [-0.2, 0) is 9.47 Å². The third-order valence-electron chi connectivity index (χ3n) is 1.96. The highest BCUT2D eigenvalue weighted by atomic mass is 16.7. The average Bonchev–Trinajstić information content (AvgIpc) is 1.89. The van der Waals surface area contributed by atoms with Crippen molar-refractivity contribution in [2.24, 2.45) is 5.41 Å². The predicted octanol–water partition coefficient (Wildman–Crippen LogP) is 2.43. The number of hydrogen-bond acceptors (Lipinski definition) is 2. The summed E-state index contributed by atoms with van der Waals surface area (Å²) in [6.45, 7) is 6.49. The van der Waals surface area contributed by atoms with Crippen molar-refractivity contribution in [1.29, 1.82) is 0 Å². The van der Waals surface area contributed by atoms with Crippen molar-refractivity contribution in [1.82, 2.24) is 0 Å². The molecule has 0 rings (SSSR count). The smallest absolute Gasteiger partial charge is 0.161 e. The summed E-state index contributed by atoms with van der Waals surface area (Å²) in [4.78, 5) is 0. The van der Waals surface area contributed by atoms with Gasteiger partial charge < -0.3 is 9.47 Å². The van der Waals surface area contributed by atoms with Crippen molar-refractivity contribution in [2.45, 2.75) is 39.9 Å². The van der Waals surface area contributed by atoms with E-state index in [9.17, 15) is 0 Å². The lowest BCUT2D eigenvalue weighted by atomic mass is 9.87. The lowest BCUT2D eigenvalue weighted by molar-refractivity contribution is -0.169. The van der Waals surface area contributed by atoms with E-state index in [0.29, 0.717) is 0 Å². The predicted molar refractivity (Wildman–Crippen MR) is 46.5 cm³/mol. The van der Waals surface area contributed by atoms with Crippen LogP contribution in [0.4, 0.5) is 0 Å². The Hall–Kier alpha value is -0.0800. The minimum absolute atomic E-state index is 0.0811. The van der Waals surface area contributed by atoms with Gasteiger partial charge in [0, 0.05) is 19.6 Å². The van der Waals surface area contributed by atoms with Gasteiger partial charge in [0.15, 0.2) is 6.29 Å². The molecular formula is C9H20O2. The Morgan fingerprint density at radius 2 is 1.64 bits per heavy atom. The molecule has 0 bridgehead atoms. The lowest BCUT2D eigenvalue weighted by Crippen LogP contribution is -2.32. The average molecular weight is 160 g/mol. The van der Waals surface area contributed by atoms with E-state index in [1.54, 1.807) is 14.2 Å². The van der Waals surface area contributed by atoms with E-state index in [2.05, 4.69) is 20.8 Å². The topological polar surface area (TPSA) is 18.5 Å². The van der Waals surface area contributed by atoms with Gasteiger partial charge in [0.2, 0.25) is 0 Å². The van der Waals surface area contributed by atoms with E-state index in [1.807, 2.05) is 0 Å². The molecule has 0 saturated heterocycles. The van der Waals surface area contributed by atoms with Gasteiger partial charge >= 0.3 is 0 Å². The molecule has 0 saturated carbocycles. The van der Waals surface area contributed by atoms with Gasteiger partial charge in [-0.05, 0) is 6.42 Å². The number of methoxy groups -OCH3 is 2. The van der Waals surface area contributed by atoms with Gasteiger partial charge in [-0.1, -0.05) is 27.2 Å². The number of hydrogen-bond donors (Lipinski definition) is 0. The quantitative estimate of drug-likeness (QED) is 0.575. The van der Waals surface area contributed by atoms with Gasteiger partial charge in [0.05, 0.1) is 0 Å². The van der Waals surface area contributed by atoms with E-state index in [0.717, 1.165) is 12.8 Å². The molecule has 0 aliphatic carbocycles. The van der Waals surface area contributed by atoms with Gasteiger partial charge in [-0.15, -0.1) is 0 Å². The van der Waals surface area contributed by atoms with Gasteiger partial charge in [-0.25, -0.2) is 0 Å². The zero-order chi connectivity index (χ0) is 8.91. The van der Waals surface area contributed by atoms with Crippen LogP contribution in [0.15, 0.2) is 0 Å². The molecule has 0 aromatic heterocycles. The summed E-state index contributed by atoms with van der Waals surface area (Å²) in [7, 11) is 3.37. The standard InChI is InChI=1S/C9H20O2/c1-6-7-9(2,3)8(10-4)11-5/h8H,6-7H2,1-5H3. The Kier molecular flexibility index (Phi) is 4.69. The van der Waals surface area contributed by atoms with Crippen molar-refractivity contribution in [3.05, 3.63) is 0 Å². The first-order valence-electron chi connectivity index (χ1n) is 4.14. The molecule has 0 heterocycles. The highest BCUT2D eigenvalue weighted by molar-refractivity contribution is 4.71.